The molecule has 18 heavy (non-hydrogen) atoms. The molecule has 0 aliphatic rings. The normalized spacial score (nSPS) is 12.4. The Hall–Kier alpha value is -1.91. The Labute approximate surface area is 106 Å². The molecule has 1 unspecified atom stereocenters. The molecule has 1 aromatic rings. The van der Waals surface area contributed by atoms with Gasteiger partial charge in [-0.25, -0.2) is 0 Å². The number of hydrogen-bond donors (Lipinski definition) is 1. The van der Waals surface area contributed by atoms with Crippen molar-refractivity contribution in [3.63, 3.8) is 0 Å². The Morgan fingerprint density at radius 2 is 1.78 bits per heavy atom. The third kappa shape index (κ3) is 4.16. The van der Waals surface area contributed by atoms with Crippen LogP contribution >= 0.6 is 0 Å². The standard InChI is InChI=1S/C13H17NO4/c1-9(2)10-3-5-11(6-4-10)12(7-13(15)16)8-14(17)18/h3-6,9,12H,7-8H2,1-2H3,(H,15,16). The second kappa shape index (κ2) is 6.14. The number of carboxylic acids is 1. The van der Waals surface area contributed by atoms with Gasteiger partial charge in [-0.2, -0.15) is 0 Å². The summed E-state index contributed by atoms with van der Waals surface area (Å²) < 4.78 is 0. The maximum absolute atomic E-state index is 10.7. The first-order valence-electron chi connectivity index (χ1n) is 5.83. The summed E-state index contributed by atoms with van der Waals surface area (Å²) >= 11 is 0. The van der Waals surface area contributed by atoms with Gasteiger partial charge in [0.15, 0.2) is 0 Å². The number of rotatable bonds is 6. The number of carbonyl (C=O) groups is 1. The predicted octanol–water partition coefficient (Wildman–Crippen LogP) is 2.65. The molecule has 0 amide bonds. The fraction of sp³-hybridized carbons (Fsp3) is 0.462. The van der Waals surface area contributed by atoms with Gasteiger partial charge in [-0.3, -0.25) is 14.9 Å². The Morgan fingerprint density at radius 3 is 2.17 bits per heavy atom. The average Bonchev–Trinajstić information content (AvgIpc) is 2.27. The molecule has 98 valence electrons. The second-order valence-electron chi connectivity index (χ2n) is 4.63. The summed E-state index contributed by atoms with van der Waals surface area (Å²) in [5, 5.41) is 19.3. The van der Waals surface area contributed by atoms with E-state index < -0.39 is 16.8 Å². The van der Waals surface area contributed by atoms with E-state index in [9.17, 15) is 14.9 Å². The summed E-state index contributed by atoms with van der Waals surface area (Å²) in [7, 11) is 0. The summed E-state index contributed by atoms with van der Waals surface area (Å²) in [6.45, 7) is 3.76. The molecule has 5 nitrogen and oxygen atoms in total. The quantitative estimate of drug-likeness (QED) is 0.622. The van der Waals surface area contributed by atoms with Crippen LogP contribution in [0.4, 0.5) is 0 Å². The van der Waals surface area contributed by atoms with Crippen molar-refractivity contribution in [2.45, 2.75) is 32.1 Å². The fourth-order valence-corrected chi connectivity index (χ4v) is 1.83. The summed E-state index contributed by atoms with van der Waals surface area (Å²) in [6.07, 6.45) is -0.220. The van der Waals surface area contributed by atoms with Gasteiger partial charge in [0, 0.05) is 4.92 Å². The highest BCUT2D eigenvalue weighted by Gasteiger charge is 2.21. The van der Waals surface area contributed by atoms with E-state index in [1.807, 2.05) is 12.1 Å². The number of nitrogens with zero attached hydrogens (tertiary/aromatic N) is 1. The molecule has 1 N–H and O–H groups in total. The fourth-order valence-electron chi connectivity index (χ4n) is 1.83. The van der Waals surface area contributed by atoms with Gasteiger partial charge in [-0.05, 0) is 17.0 Å². The average molecular weight is 251 g/mol. The van der Waals surface area contributed by atoms with E-state index >= 15 is 0 Å². The van der Waals surface area contributed by atoms with Crippen molar-refractivity contribution in [3.8, 4) is 0 Å². The molecule has 5 heteroatoms. The number of nitro groups is 1. The maximum Gasteiger partial charge on any atom is 0.304 e. The lowest BCUT2D eigenvalue weighted by Crippen LogP contribution is -2.16. The van der Waals surface area contributed by atoms with Crippen molar-refractivity contribution < 1.29 is 14.8 Å². The van der Waals surface area contributed by atoms with E-state index in [1.165, 1.54) is 0 Å². The lowest BCUT2D eigenvalue weighted by atomic mass is 9.93. The maximum atomic E-state index is 10.7. The van der Waals surface area contributed by atoms with E-state index in [-0.39, 0.29) is 13.0 Å². The summed E-state index contributed by atoms with van der Waals surface area (Å²) in [6, 6.07) is 7.36. The van der Waals surface area contributed by atoms with Crippen molar-refractivity contribution >= 4 is 5.97 Å². The number of carboxylic acid groups (broad SMARTS) is 1. The van der Waals surface area contributed by atoms with Crippen LogP contribution in [0.2, 0.25) is 0 Å². The smallest absolute Gasteiger partial charge is 0.304 e. The summed E-state index contributed by atoms with van der Waals surface area (Å²) in [5.41, 5.74) is 1.84. The largest absolute Gasteiger partial charge is 0.481 e. The van der Waals surface area contributed by atoms with Crippen LogP contribution in [0.1, 0.15) is 43.2 Å². The first kappa shape index (κ1) is 14.2. The van der Waals surface area contributed by atoms with Crippen LogP contribution in [0.5, 0.6) is 0 Å². The minimum absolute atomic E-state index is 0.220. The molecule has 1 atom stereocenters. The van der Waals surface area contributed by atoms with Gasteiger partial charge in [-0.15, -0.1) is 0 Å². The highest BCUT2D eigenvalue weighted by Crippen LogP contribution is 2.23. The molecule has 1 aromatic carbocycles. The molecule has 0 heterocycles. The first-order valence-corrected chi connectivity index (χ1v) is 5.83. The van der Waals surface area contributed by atoms with Crippen molar-refractivity contribution in [1.29, 1.82) is 0 Å². The zero-order chi connectivity index (χ0) is 13.7. The summed E-state index contributed by atoms with van der Waals surface area (Å²) in [5.74, 6) is -1.21. The van der Waals surface area contributed by atoms with Crippen molar-refractivity contribution in [3.05, 3.63) is 45.5 Å². The number of hydrogen-bond acceptors (Lipinski definition) is 3. The van der Waals surface area contributed by atoms with Gasteiger partial charge in [0.25, 0.3) is 0 Å². The van der Waals surface area contributed by atoms with Crippen LogP contribution < -0.4 is 0 Å². The van der Waals surface area contributed by atoms with Crippen LogP contribution in [-0.2, 0) is 4.79 Å². The number of aliphatic carboxylic acids is 1. The van der Waals surface area contributed by atoms with Gasteiger partial charge in [0.2, 0.25) is 6.54 Å². The molecule has 0 spiro atoms. The van der Waals surface area contributed by atoms with E-state index in [0.717, 1.165) is 5.56 Å². The molecule has 1 rings (SSSR count). The van der Waals surface area contributed by atoms with Crippen LogP contribution in [0.15, 0.2) is 24.3 Å². The Morgan fingerprint density at radius 1 is 1.28 bits per heavy atom. The molecule has 0 aliphatic heterocycles. The predicted molar refractivity (Wildman–Crippen MR) is 67.4 cm³/mol. The van der Waals surface area contributed by atoms with E-state index in [2.05, 4.69) is 13.8 Å². The first-order chi connectivity index (χ1) is 8.40. The SMILES string of the molecule is CC(C)c1ccc(C(CC(=O)O)C[N+](=O)[O-])cc1. The van der Waals surface area contributed by atoms with Gasteiger partial charge in [0.1, 0.15) is 0 Å². The topological polar surface area (TPSA) is 80.4 Å². The molecule has 0 radical (unpaired) electrons. The lowest BCUT2D eigenvalue weighted by Gasteiger charge is -2.12. The minimum Gasteiger partial charge on any atom is -0.481 e. The highest BCUT2D eigenvalue weighted by molar-refractivity contribution is 5.68. The van der Waals surface area contributed by atoms with Gasteiger partial charge in [0.05, 0.1) is 12.3 Å². The second-order valence-corrected chi connectivity index (χ2v) is 4.63. The van der Waals surface area contributed by atoms with Gasteiger partial charge in [-0.1, -0.05) is 38.1 Å². The zero-order valence-electron chi connectivity index (χ0n) is 10.5. The van der Waals surface area contributed by atoms with Crippen LogP contribution in [-0.4, -0.2) is 22.5 Å². The van der Waals surface area contributed by atoms with Crippen LogP contribution in [0.25, 0.3) is 0 Å². The van der Waals surface area contributed by atoms with Crippen molar-refractivity contribution in [2.75, 3.05) is 6.54 Å². The van der Waals surface area contributed by atoms with E-state index in [4.69, 9.17) is 5.11 Å². The third-order valence-corrected chi connectivity index (χ3v) is 2.87. The van der Waals surface area contributed by atoms with Crippen molar-refractivity contribution in [2.24, 2.45) is 0 Å². The van der Waals surface area contributed by atoms with Gasteiger partial charge < -0.3 is 5.11 Å². The van der Waals surface area contributed by atoms with E-state index in [0.29, 0.717) is 11.5 Å². The Balaban J connectivity index is 2.90. The molecule has 0 aromatic heterocycles. The molecule has 0 fully saturated rings. The Kier molecular flexibility index (Phi) is 4.83. The molecule has 0 saturated heterocycles. The zero-order valence-corrected chi connectivity index (χ0v) is 10.5. The number of benzene rings is 1. The van der Waals surface area contributed by atoms with Crippen LogP contribution in [0, 0.1) is 10.1 Å². The van der Waals surface area contributed by atoms with Crippen LogP contribution in [0.3, 0.4) is 0 Å². The van der Waals surface area contributed by atoms with Gasteiger partial charge >= 0.3 is 5.97 Å². The molecule has 0 saturated carbocycles. The Bertz CT molecular complexity index is 409. The minimum atomic E-state index is -1.02. The molecule has 0 aliphatic carbocycles. The molecular formula is C13H17NO4. The third-order valence-electron chi connectivity index (χ3n) is 2.87. The van der Waals surface area contributed by atoms with Crippen molar-refractivity contribution in [1.82, 2.24) is 0 Å². The lowest BCUT2D eigenvalue weighted by molar-refractivity contribution is -0.483. The molecular weight excluding hydrogens is 234 g/mol. The van der Waals surface area contributed by atoms with E-state index in [1.54, 1.807) is 12.1 Å². The summed E-state index contributed by atoms with van der Waals surface area (Å²) in [4.78, 5) is 20.8. The molecule has 0 bridgehead atoms. The highest BCUT2D eigenvalue weighted by atomic mass is 16.6. The monoisotopic (exact) mass is 251 g/mol.